The van der Waals surface area contributed by atoms with Crippen molar-refractivity contribution in [3.8, 4) is 0 Å². The van der Waals surface area contributed by atoms with Crippen molar-refractivity contribution in [1.82, 2.24) is 9.62 Å². The zero-order chi connectivity index (χ0) is 16.0. The minimum absolute atomic E-state index is 0.00778. The molecule has 21 heavy (non-hydrogen) atoms. The van der Waals surface area contributed by atoms with Crippen molar-refractivity contribution >= 4 is 15.9 Å². The molecule has 1 fully saturated rings. The molecule has 1 amide bonds. The molecule has 1 heterocycles. The van der Waals surface area contributed by atoms with Crippen LogP contribution in [0.1, 0.15) is 46.0 Å². The molecule has 3 atom stereocenters. The average Bonchev–Trinajstić information content (AvgIpc) is 2.44. The summed E-state index contributed by atoms with van der Waals surface area (Å²) in [5.41, 5.74) is 6.06. The normalized spacial score (nSPS) is 22.9. The van der Waals surface area contributed by atoms with E-state index in [0.717, 1.165) is 38.5 Å². The molecule has 3 N–H and O–H groups in total. The van der Waals surface area contributed by atoms with Crippen molar-refractivity contribution in [2.75, 3.05) is 19.3 Å². The highest BCUT2D eigenvalue weighted by Crippen LogP contribution is 2.21. The van der Waals surface area contributed by atoms with Gasteiger partial charge in [0.2, 0.25) is 15.9 Å². The molecule has 0 aromatic carbocycles. The van der Waals surface area contributed by atoms with Crippen LogP contribution in [0.2, 0.25) is 0 Å². The largest absolute Gasteiger partial charge is 0.338 e. The van der Waals surface area contributed by atoms with E-state index in [-0.39, 0.29) is 17.9 Å². The maximum Gasteiger partial charge on any atom is 0.240 e. The van der Waals surface area contributed by atoms with E-state index in [1.165, 1.54) is 0 Å². The van der Waals surface area contributed by atoms with E-state index in [4.69, 9.17) is 5.73 Å². The number of nitrogens with zero attached hydrogens (tertiary/aromatic N) is 1. The zero-order valence-corrected chi connectivity index (χ0v) is 14.2. The van der Waals surface area contributed by atoms with Gasteiger partial charge in [0.05, 0.1) is 12.3 Å². The number of amides is 1. The van der Waals surface area contributed by atoms with Crippen LogP contribution in [0.4, 0.5) is 0 Å². The first-order chi connectivity index (χ1) is 9.76. The Hall–Kier alpha value is -0.660. The third kappa shape index (κ3) is 5.92. The molecule has 7 heteroatoms. The number of carbonyl (C=O) groups is 1. The highest BCUT2D eigenvalue weighted by molar-refractivity contribution is 7.88. The lowest BCUT2D eigenvalue weighted by atomic mass is 9.94. The summed E-state index contributed by atoms with van der Waals surface area (Å²) in [4.78, 5) is 14.4. The number of carbonyl (C=O) groups excluding carboxylic acids is 1. The molecule has 6 nitrogen and oxygen atoms in total. The lowest BCUT2D eigenvalue weighted by Gasteiger charge is -2.38. The highest BCUT2D eigenvalue weighted by Gasteiger charge is 2.31. The Kier molecular flexibility index (Phi) is 7.09. The first kappa shape index (κ1) is 18.4. The van der Waals surface area contributed by atoms with Crippen LogP contribution in [0.25, 0.3) is 0 Å². The van der Waals surface area contributed by atoms with E-state index in [1.807, 2.05) is 18.7 Å². The second-order valence-electron chi connectivity index (χ2n) is 6.05. The average molecular weight is 319 g/mol. The van der Waals surface area contributed by atoms with Gasteiger partial charge in [-0.1, -0.05) is 20.3 Å². The molecule has 1 aliphatic rings. The Labute approximate surface area is 128 Å². The summed E-state index contributed by atoms with van der Waals surface area (Å²) in [5, 5.41) is 0. The number of hydrogen-bond acceptors (Lipinski definition) is 4. The molecule has 0 spiro atoms. The van der Waals surface area contributed by atoms with Crippen molar-refractivity contribution in [2.24, 2.45) is 11.7 Å². The minimum Gasteiger partial charge on any atom is -0.338 e. The van der Waals surface area contributed by atoms with E-state index in [1.54, 1.807) is 0 Å². The second kappa shape index (κ2) is 8.10. The molecular formula is C14H29N3O3S. The Morgan fingerprint density at radius 1 is 1.43 bits per heavy atom. The SMILES string of the molecule is CC[C@H](C)[C@H](N)C(=O)N1CCCCC1CCNS(C)(=O)=O. The molecular weight excluding hydrogens is 290 g/mol. The number of piperidine rings is 1. The van der Waals surface area contributed by atoms with Gasteiger partial charge < -0.3 is 10.6 Å². The van der Waals surface area contributed by atoms with Gasteiger partial charge in [0, 0.05) is 19.1 Å². The molecule has 0 radical (unpaired) electrons. The molecule has 1 unspecified atom stereocenters. The van der Waals surface area contributed by atoms with Crippen LogP contribution < -0.4 is 10.5 Å². The molecule has 124 valence electrons. The van der Waals surface area contributed by atoms with Gasteiger partial charge in [0.15, 0.2) is 0 Å². The molecule has 0 aromatic rings. The van der Waals surface area contributed by atoms with E-state index in [0.29, 0.717) is 13.0 Å². The molecule has 1 aliphatic heterocycles. The summed E-state index contributed by atoms with van der Waals surface area (Å²) in [6, 6.07) is -0.367. The number of likely N-dealkylation sites (tertiary alicyclic amines) is 1. The van der Waals surface area contributed by atoms with Gasteiger partial charge in [-0.25, -0.2) is 13.1 Å². The fourth-order valence-electron chi connectivity index (χ4n) is 2.69. The zero-order valence-electron chi connectivity index (χ0n) is 13.3. The first-order valence-electron chi connectivity index (χ1n) is 7.77. The Bertz CT molecular complexity index is 439. The fourth-order valence-corrected chi connectivity index (χ4v) is 3.18. The third-order valence-corrected chi connectivity index (χ3v) is 5.02. The second-order valence-corrected chi connectivity index (χ2v) is 7.88. The highest BCUT2D eigenvalue weighted by atomic mass is 32.2. The van der Waals surface area contributed by atoms with E-state index >= 15 is 0 Å². The number of hydrogen-bond donors (Lipinski definition) is 2. The molecule has 0 aliphatic carbocycles. The topological polar surface area (TPSA) is 92.5 Å². The van der Waals surface area contributed by atoms with Crippen LogP contribution in [0.5, 0.6) is 0 Å². The lowest BCUT2D eigenvalue weighted by Crippen LogP contribution is -2.53. The fraction of sp³-hybridized carbons (Fsp3) is 0.929. The maximum absolute atomic E-state index is 12.5. The maximum atomic E-state index is 12.5. The van der Waals surface area contributed by atoms with Crippen LogP contribution in [0.3, 0.4) is 0 Å². The molecule has 1 saturated heterocycles. The van der Waals surface area contributed by atoms with Crippen LogP contribution in [0, 0.1) is 5.92 Å². The van der Waals surface area contributed by atoms with Crippen molar-refractivity contribution < 1.29 is 13.2 Å². The van der Waals surface area contributed by atoms with E-state index in [2.05, 4.69) is 4.72 Å². The summed E-state index contributed by atoms with van der Waals surface area (Å²) in [6.07, 6.45) is 5.66. The minimum atomic E-state index is -3.17. The van der Waals surface area contributed by atoms with Crippen molar-refractivity contribution in [1.29, 1.82) is 0 Å². The molecule has 1 rings (SSSR count). The van der Waals surface area contributed by atoms with E-state index in [9.17, 15) is 13.2 Å². The van der Waals surface area contributed by atoms with Gasteiger partial charge in [-0.15, -0.1) is 0 Å². The summed E-state index contributed by atoms with van der Waals surface area (Å²) < 4.78 is 24.7. The van der Waals surface area contributed by atoms with Crippen LogP contribution >= 0.6 is 0 Å². The number of rotatable bonds is 7. The Morgan fingerprint density at radius 3 is 2.67 bits per heavy atom. The Balaban J connectivity index is 2.62. The van der Waals surface area contributed by atoms with Crippen LogP contribution in [0.15, 0.2) is 0 Å². The van der Waals surface area contributed by atoms with Gasteiger partial charge in [0.25, 0.3) is 0 Å². The summed E-state index contributed by atoms with van der Waals surface area (Å²) in [6.45, 7) is 5.12. The van der Waals surface area contributed by atoms with Crippen molar-refractivity contribution in [3.63, 3.8) is 0 Å². The standard InChI is InChI=1S/C14H29N3O3S/c1-4-11(2)13(15)14(18)17-10-6-5-7-12(17)8-9-16-21(3,19)20/h11-13,16H,4-10,15H2,1-3H3/t11-,12?,13-/m0/s1. The predicted molar refractivity (Wildman–Crippen MR) is 84.2 cm³/mol. The number of nitrogens with two attached hydrogens (primary N) is 1. The van der Waals surface area contributed by atoms with Crippen LogP contribution in [-0.2, 0) is 14.8 Å². The summed E-state index contributed by atoms with van der Waals surface area (Å²) >= 11 is 0. The smallest absolute Gasteiger partial charge is 0.240 e. The first-order valence-corrected chi connectivity index (χ1v) is 9.66. The van der Waals surface area contributed by atoms with E-state index < -0.39 is 16.1 Å². The summed E-state index contributed by atoms with van der Waals surface area (Å²) in [5.74, 6) is 0.169. The third-order valence-electron chi connectivity index (χ3n) is 4.29. The van der Waals surface area contributed by atoms with Gasteiger partial charge >= 0.3 is 0 Å². The van der Waals surface area contributed by atoms with Crippen molar-refractivity contribution in [2.45, 2.75) is 58.0 Å². The number of nitrogens with one attached hydrogen (secondary N) is 1. The van der Waals surface area contributed by atoms with Gasteiger partial charge in [-0.3, -0.25) is 4.79 Å². The quantitative estimate of drug-likeness (QED) is 0.722. The van der Waals surface area contributed by atoms with Crippen LogP contribution in [-0.4, -0.2) is 50.7 Å². The summed E-state index contributed by atoms with van der Waals surface area (Å²) in [7, 11) is -3.17. The monoisotopic (exact) mass is 319 g/mol. The predicted octanol–water partition coefficient (Wildman–Crippen LogP) is 0.680. The molecule has 0 bridgehead atoms. The van der Waals surface area contributed by atoms with Gasteiger partial charge in [-0.2, -0.15) is 0 Å². The lowest BCUT2D eigenvalue weighted by molar-refractivity contribution is -0.137. The van der Waals surface area contributed by atoms with Crippen molar-refractivity contribution in [3.05, 3.63) is 0 Å². The molecule has 0 saturated carbocycles. The molecule has 0 aromatic heterocycles. The Morgan fingerprint density at radius 2 is 2.10 bits per heavy atom. The van der Waals surface area contributed by atoms with Gasteiger partial charge in [-0.05, 0) is 31.6 Å². The number of sulfonamides is 1. The van der Waals surface area contributed by atoms with Gasteiger partial charge in [0.1, 0.15) is 0 Å².